The molecule has 4 atom stereocenters. The van der Waals surface area contributed by atoms with Crippen LogP contribution in [0.15, 0.2) is 0 Å². The molecule has 0 saturated heterocycles. The fraction of sp³-hybridized carbons (Fsp3) is 1.00. The highest BCUT2D eigenvalue weighted by Crippen LogP contribution is 2.57. The molecule has 0 radical (unpaired) electrons. The fourth-order valence-corrected chi connectivity index (χ4v) is 3.14. The zero-order valence-corrected chi connectivity index (χ0v) is 10.1. The maximum Gasteiger partial charge on any atom is -0.0269 e. The third-order valence-electron chi connectivity index (χ3n) is 4.85. The van der Waals surface area contributed by atoms with E-state index in [0.29, 0.717) is 5.41 Å². The molecule has 0 heterocycles. The van der Waals surface area contributed by atoms with E-state index in [1.165, 1.54) is 25.7 Å². The Kier molecular flexibility index (Phi) is 3.43. The summed E-state index contributed by atoms with van der Waals surface area (Å²) in [5.41, 5.74) is 0.661. The van der Waals surface area contributed by atoms with Crippen LogP contribution in [0.2, 0.25) is 0 Å². The van der Waals surface area contributed by atoms with E-state index in [2.05, 4.69) is 34.6 Å². The maximum absolute atomic E-state index is 2.50. The summed E-state index contributed by atoms with van der Waals surface area (Å²) < 4.78 is 0. The minimum Gasteiger partial charge on any atom is -0.0654 e. The van der Waals surface area contributed by atoms with Gasteiger partial charge >= 0.3 is 0 Å². The molecule has 1 aliphatic rings. The molecule has 0 N–H and O–H groups in total. The topological polar surface area (TPSA) is 0 Å². The van der Waals surface area contributed by atoms with E-state index in [4.69, 9.17) is 0 Å². The summed E-state index contributed by atoms with van der Waals surface area (Å²) in [5, 5.41) is 0. The Bertz CT molecular complexity index is 161. The molecule has 0 aliphatic heterocycles. The van der Waals surface area contributed by atoms with Crippen molar-refractivity contribution in [1.82, 2.24) is 0 Å². The summed E-state index contributed by atoms with van der Waals surface area (Å²) in [5.74, 6) is 2.90. The van der Waals surface area contributed by atoms with E-state index in [1.807, 2.05) is 0 Å². The highest BCUT2D eigenvalue weighted by Gasteiger charge is 2.49. The minimum absolute atomic E-state index is 0.661. The van der Waals surface area contributed by atoms with Crippen LogP contribution < -0.4 is 0 Å². The average molecular weight is 182 g/mol. The highest BCUT2D eigenvalue weighted by atomic mass is 14.5. The summed E-state index contributed by atoms with van der Waals surface area (Å²) in [6.45, 7) is 12.0. The first-order valence-electron chi connectivity index (χ1n) is 6.06. The van der Waals surface area contributed by atoms with E-state index < -0.39 is 0 Å². The average Bonchev–Trinajstić information content (AvgIpc) is 2.15. The molecule has 0 bridgehead atoms. The second-order valence-corrected chi connectivity index (χ2v) is 5.36. The molecule has 0 spiro atoms. The monoisotopic (exact) mass is 182 g/mol. The molecule has 0 aromatic carbocycles. The van der Waals surface area contributed by atoms with Crippen LogP contribution in [0.1, 0.15) is 60.3 Å². The Labute approximate surface area is 84.1 Å². The normalized spacial score (nSPS) is 41.3. The molecule has 1 saturated carbocycles. The summed E-state index contributed by atoms with van der Waals surface area (Å²) in [4.78, 5) is 0. The van der Waals surface area contributed by atoms with Crippen molar-refractivity contribution in [2.75, 3.05) is 0 Å². The van der Waals surface area contributed by atoms with Gasteiger partial charge in [-0.3, -0.25) is 0 Å². The van der Waals surface area contributed by atoms with Gasteiger partial charge in [0.05, 0.1) is 0 Å². The van der Waals surface area contributed by atoms with Gasteiger partial charge < -0.3 is 0 Å². The zero-order chi connectivity index (χ0) is 10.1. The number of rotatable bonds is 4. The van der Waals surface area contributed by atoms with Crippen LogP contribution in [0.5, 0.6) is 0 Å². The van der Waals surface area contributed by atoms with Gasteiger partial charge in [-0.1, -0.05) is 53.9 Å². The van der Waals surface area contributed by atoms with Crippen LogP contribution in [0.25, 0.3) is 0 Å². The second kappa shape index (κ2) is 4.02. The Hall–Kier alpha value is 0. The lowest BCUT2D eigenvalue weighted by molar-refractivity contribution is -0.0646. The van der Waals surface area contributed by atoms with Gasteiger partial charge in [-0.25, -0.2) is 0 Å². The van der Waals surface area contributed by atoms with Crippen LogP contribution in [0, 0.1) is 23.2 Å². The Morgan fingerprint density at radius 1 is 1.38 bits per heavy atom. The molecular weight excluding hydrogens is 156 g/mol. The standard InChI is InChI=1S/C13H26/c1-6-8-12-9-13(5,11(12)4)10(3)7-2/h10-12H,6-9H2,1-5H3. The zero-order valence-electron chi connectivity index (χ0n) is 10.1. The van der Waals surface area contributed by atoms with Gasteiger partial charge in [-0.2, -0.15) is 0 Å². The van der Waals surface area contributed by atoms with Crippen molar-refractivity contribution in [2.45, 2.75) is 60.3 Å². The molecule has 0 amide bonds. The van der Waals surface area contributed by atoms with Gasteiger partial charge in [0, 0.05) is 0 Å². The first-order valence-corrected chi connectivity index (χ1v) is 6.06. The van der Waals surface area contributed by atoms with Crippen LogP contribution in [0.4, 0.5) is 0 Å². The molecule has 1 rings (SSSR count). The summed E-state index contributed by atoms with van der Waals surface area (Å²) in [6.07, 6.45) is 5.65. The van der Waals surface area contributed by atoms with Crippen molar-refractivity contribution >= 4 is 0 Å². The fourth-order valence-electron chi connectivity index (χ4n) is 3.14. The van der Waals surface area contributed by atoms with Crippen LogP contribution in [-0.2, 0) is 0 Å². The van der Waals surface area contributed by atoms with E-state index in [9.17, 15) is 0 Å². The molecule has 0 aromatic rings. The number of hydrogen-bond acceptors (Lipinski definition) is 0. The van der Waals surface area contributed by atoms with Crippen molar-refractivity contribution in [3.63, 3.8) is 0 Å². The molecular formula is C13H26. The Morgan fingerprint density at radius 3 is 2.38 bits per heavy atom. The van der Waals surface area contributed by atoms with Crippen molar-refractivity contribution in [2.24, 2.45) is 23.2 Å². The van der Waals surface area contributed by atoms with E-state index in [1.54, 1.807) is 0 Å². The van der Waals surface area contributed by atoms with Gasteiger partial charge in [0.25, 0.3) is 0 Å². The predicted molar refractivity (Wildman–Crippen MR) is 59.7 cm³/mol. The Morgan fingerprint density at radius 2 is 2.00 bits per heavy atom. The smallest absolute Gasteiger partial charge is 0.0269 e. The summed E-state index contributed by atoms with van der Waals surface area (Å²) in [6, 6.07) is 0. The van der Waals surface area contributed by atoms with Gasteiger partial charge in [0.1, 0.15) is 0 Å². The van der Waals surface area contributed by atoms with E-state index in [0.717, 1.165) is 17.8 Å². The molecule has 0 nitrogen and oxygen atoms in total. The lowest BCUT2D eigenvalue weighted by Crippen LogP contribution is -2.48. The minimum atomic E-state index is 0.661. The first kappa shape index (κ1) is 11.1. The maximum atomic E-state index is 2.50. The largest absolute Gasteiger partial charge is 0.0654 e. The quantitative estimate of drug-likeness (QED) is 0.600. The molecule has 1 aliphatic carbocycles. The van der Waals surface area contributed by atoms with E-state index in [-0.39, 0.29) is 0 Å². The summed E-state index contributed by atoms with van der Waals surface area (Å²) in [7, 11) is 0. The molecule has 78 valence electrons. The van der Waals surface area contributed by atoms with Gasteiger partial charge in [-0.15, -0.1) is 0 Å². The van der Waals surface area contributed by atoms with Gasteiger partial charge in [-0.05, 0) is 29.6 Å². The summed E-state index contributed by atoms with van der Waals surface area (Å²) >= 11 is 0. The Balaban J connectivity index is 2.48. The van der Waals surface area contributed by atoms with Crippen LogP contribution >= 0.6 is 0 Å². The van der Waals surface area contributed by atoms with E-state index >= 15 is 0 Å². The second-order valence-electron chi connectivity index (χ2n) is 5.36. The predicted octanol–water partition coefficient (Wildman–Crippen LogP) is 4.49. The lowest BCUT2D eigenvalue weighted by Gasteiger charge is -2.56. The van der Waals surface area contributed by atoms with Crippen LogP contribution in [-0.4, -0.2) is 0 Å². The molecule has 0 aromatic heterocycles. The highest BCUT2D eigenvalue weighted by molar-refractivity contribution is 4.98. The molecule has 4 unspecified atom stereocenters. The van der Waals surface area contributed by atoms with Gasteiger partial charge in [0.2, 0.25) is 0 Å². The number of hydrogen-bond donors (Lipinski definition) is 0. The van der Waals surface area contributed by atoms with Gasteiger partial charge in [0.15, 0.2) is 0 Å². The third kappa shape index (κ3) is 1.78. The van der Waals surface area contributed by atoms with Crippen molar-refractivity contribution in [3.05, 3.63) is 0 Å². The van der Waals surface area contributed by atoms with Crippen molar-refractivity contribution in [3.8, 4) is 0 Å². The third-order valence-corrected chi connectivity index (χ3v) is 4.85. The lowest BCUT2D eigenvalue weighted by atomic mass is 9.49. The molecule has 0 heteroatoms. The molecule has 1 fully saturated rings. The first-order chi connectivity index (χ1) is 6.06. The van der Waals surface area contributed by atoms with Crippen molar-refractivity contribution in [1.29, 1.82) is 0 Å². The SMILES string of the molecule is CCCC1CC(C)(C(C)CC)C1C. The molecule has 13 heavy (non-hydrogen) atoms. The van der Waals surface area contributed by atoms with Crippen LogP contribution in [0.3, 0.4) is 0 Å². The van der Waals surface area contributed by atoms with Crippen molar-refractivity contribution < 1.29 is 0 Å².